The SMILES string of the molecule is COc1cc(CN2CCN(C(=O)OC(C)(C)C)CC2)c(OC)cc1Br. The lowest BCUT2D eigenvalue weighted by molar-refractivity contribution is 0.0138. The standard InChI is InChI=1S/C18H27BrN2O4/c1-18(2,3)25-17(22)21-8-6-20(7-9-21)12-13-10-16(24-5)14(19)11-15(13)23-4/h10-11H,6-9,12H2,1-5H3. The first-order valence-electron chi connectivity index (χ1n) is 8.34. The van der Waals surface area contributed by atoms with Crippen LogP contribution in [-0.4, -0.2) is 61.9 Å². The van der Waals surface area contributed by atoms with Gasteiger partial charge >= 0.3 is 6.09 Å². The number of hydrogen-bond acceptors (Lipinski definition) is 5. The molecule has 0 unspecified atom stereocenters. The molecule has 1 aliphatic heterocycles. The Bertz CT molecular complexity index is 608. The van der Waals surface area contributed by atoms with Crippen molar-refractivity contribution >= 4 is 22.0 Å². The maximum atomic E-state index is 12.1. The number of piperazine rings is 1. The minimum Gasteiger partial charge on any atom is -0.496 e. The Morgan fingerprint density at radius 1 is 1.08 bits per heavy atom. The number of rotatable bonds is 4. The van der Waals surface area contributed by atoms with Crippen LogP contribution in [0.5, 0.6) is 11.5 Å². The van der Waals surface area contributed by atoms with Crippen molar-refractivity contribution in [3.63, 3.8) is 0 Å². The smallest absolute Gasteiger partial charge is 0.410 e. The number of amides is 1. The van der Waals surface area contributed by atoms with Gasteiger partial charge in [-0.15, -0.1) is 0 Å². The van der Waals surface area contributed by atoms with E-state index in [1.165, 1.54) is 0 Å². The fourth-order valence-corrected chi connectivity index (χ4v) is 3.19. The molecule has 1 saturated heterocycles. The molecule has 0 saturated carbocycles. The summed E-state index contributed by atoms with van der Waals surface area (Å²) in [6, 6.07) is 3.91. The van der Waals surface area contributed by atoms with E-state index in [1.54, 1.807) is 19.1 Å². The molecule has 1 aliphatic rings. The van der Waals surface area contributed by atoms with Gasteiger partial charge in [0.15, 0.2) is 0 Å². The molecule has 0 bridgehead atoms. The summed E-state index contributed by atoms with van der Waals surface area (Å²) in [5, 5.41) is 0. The zero-order chi connectivity index (χ0) is 18.6. The maximum Gasteiger partial charge on any atom is 0.410 e. The minimum atomic E-state index is -0.463. The van der Waals surface area contributed by atoms with Crippen molar-refractivity contribution in [3.05, 3.63) is 22.2 Å². The molecular formula is C18H27BrN2O4. The van der Waals surface area contributed by atoms with E-state index in [0.29, 0.717) is 13.1 Å². The number of nitrogens with zero attached hydrogens (tertiary/aromatic N) is 2. The van der Waals surface area contributed by atoms with Gasteiger partial charge in [-0.1, -0.05) is 0 Å². The van der Waals surface area contributed by atoms with E-state index in [-0.39, 0.29) is 6.09 Å². The first-order chi connectivity index (χ1) is 11.7. The van der Waals surface area contributed by atoms with Gasteiger partial charge in [-0.3, -0.25) is 4.90 Å². The van der Waals surface area contributed by atoms with Crippen LogP contribution < -0.4 is 9.47 Å². The first kappa shape index (κ1) is 19.8. The number of halogens is 1. The number of hydrogen-bond donors (Lipinski definition) is 0. The van der Waals surface area contributed by atoms with Crippen molar-refractivity contribution in [2.24, 2.45) is 0 Å². The molecule has 1 aromatic rings. The van der Waals surface area contributed by atoms with Gasteiger partial charge in [0, 0.05) is 38.3 Å². The molecular weight excluding hydrogens is 388 g/mol. The zero-order valence-electron chi connectivity index (χ0n) is 15.6. The molecule has 7 heteroatoms. The lowest BCUT2D eigenvalue weighted by atomic mass is 10.1. The Balaban J connectivity index is 1.97. The van der Waals surface area contributed by atoms with Crippen molar-refractivity contribution in [2.45, 2.75) is 32.9 Å². The van der Waals surface area contributed by atoms with Gasteiger partial charge < -0.3 is 19.1 Å². The van der Waals surface area contributed by atoms with Crippen LogP contribution in [0, 0.1) is 0 Å². The van der Waals surface area contributed by atoms with E-state index >= 15 is 0 Å². The quantitative estimate of drug-likeness (QED) is 0.754. The van der Waals surface area contributed by atoms with E-state index in [2.05, 4.69) is 20.8 Å². The number of benzene rings is 1. The lowest BCUT2D eigenvalue weighted by Crippen LogP contribution is -2.49. The van der Waals surface area contributed by atoms with Gasteiger partial charge in [0.2, 0.25) is 0 Å². The van der Waals surface area contributed by atoms with Crippen molar-refractivity contribution in [1.29, 1.82) is 0 Å². The van der Waals surface area contributed by atoms with Crippen LogP contribution in [0.25, 0.3) is 0 Å². The molecule has 2 rings (SSSR count). The van der Waals surface area contributed by atoms with Gasteiger partial charge in [-0.2, -0.15) is 0 Å². The molecule has 1 fully saturated rings. The highest BCUT2D eigenvalue weighted by atomic mass is 79.9. The Morgan fingerprint density at radius 3 is 2.20 bits per heavy atom. The summed E-state index contributed by atoms with van der Waals surface area (Å²) in [6.45, 7) is 9.29. The van der Waals surface area contributed by atoms with Crippen molar-refractivity contribution < 1.29 is 19.0 Å². The summed E-state index contributed by atoms with van der Waals surface area (Å²) in [7, 11) is 3.31. The van der Waals surface area contributed by atoms with Crippen molar-refractivity contribution in [3.8, 4) is 11.5 Å². The van der Waals surface area contributed by atoms with Crippen LogP contribution in [0.3, 0.4) is 0 Å². The Morgan fingerprint density at radius 2 is 1.68 bits per heavy atom. The largest absolute Gasteiger partial charge is 0.496 e. The van der Waals surface area contributed by atoms with Gasteiger partial charge in [0.05, 0.1) is 18.7 Å². The highest BCUT2D eigenvalue weighted by molar-refractivity contribution is 9.10. The van der Waals surface area contributed by atoms with Crippen molar-refractivity contribution in [2.75, 3.05) is 40.4 Å². The fraction of sp³-hybridized carbons (Fsp3) is 0.611. The molecule has 25 heavy (non-hydrogen) atoms. The van der Waals surface area contributed by atoms with E-state index in [9.17, 15) is 4.79 Å². The summed E-state index contributed by atoms with van der Waals surface area (Å²) >= 11 is 3.48. The molecule has 0 aliphatic carbocycles. The van der Waals surface area contributed by atoms with Crippen LogP contribution in [0.2, 0.25) is 0 Å². The summed E-state index contributed by atoms with van der Waals surface area (Å²) in [4.78, 5) is 16.2. The maximum absolute atomic E-state index is 12.1. The van der Waals surface area contributed by atoms with Crippen LogP contribution in [0.1, 0.15) is 26.3 Å². The predicted octanol–water partition coefficient (Wildman–Crippen LogP) is 3.52. The average Bonchev–Trinajstić information content (AvgIpc) is 2.55. The first-order valence-corrected chi connectivity index (χ1v) is 9.13. The van der Waals surface area contributed by atoms with E-state index < -0.39 is 5.60 Å². The van der Waals surface area contributed by atoms with Gasteiger partial charge in [0.1, 0.15) is 17.1 Å². The monoisotopic (exact) mass is 414 g/mol. The third-order valence-electron chi connectivity index (χ3n) is 3.97. The zero-order valence-corrected chi connectivity index (χ0v) is 17.2. The summed E-state index contributed by atoms with van der Waals surface area (Å²) in [6.07, 6.45) is -0.241. The van der Waals surface area contributed by atoms with Crippen LogP contribution in [-0.2, 0) is 11.3 Å². The number of carbonyl (C=O) groups is 1. The second-order valence-corrected chi connectivity index (χ2v) is 7.90. The van der Waals surface area contributed by atoms with E-state index in [0.717, 1.165) is 41.2 Å². The molecule has 0 aromatic heterocycles. The number of ether oxygens (including phenoxy) is 3. The molecule has 6 nitrogen and oxygen atoms in total. The van der Waals surface area contributed by atoms with Gasteiger partial charge in [-0.25, -0.2) is 4.79 Å². The summed E-state index contributed by atoms with van der Waals surface area (Å²) in [5.41, 5.74) is 0.600. The summed E-state index contributed by atoms with van der Waals surface area (Å²) in [5.74, 6) is 1.60. The molecule has 0 atom stereocenters. The second-order valence-electron chi connectivity index (χ2n) is 7.04. The summed E-state index contributed by atoms with van der Waals surface area (Å²) < 4.78 is 17.2. The second kappa shape index (κ2) is 8.27. The van der Waals surface area contributed by atoms with Crippen LogP contribution in [0.4, 0.5) is 4.79 Å². The molecule has 140 valence electrons. The number of methoxy groups -OCH3 is 2. The third kappa shape index (κ3) is 5.51. The predicted molar refractivity (Wildman–Crippen MR) is 100 cm³/mol. The molecule has 1 amide bonds. The van der Waals surface area contributed by atoms with Crippen molar-refractivity contribution in [1.82, 2.24) is 9.80 Å². The van der Waals surface area contributed by atoms with E-state index in [4.69, 9.17) is 14.2 Å². The van der Waals surface area contributed by atoms with E-state index in [1.807, 2.05) is 32.9 Å². The van der Waals surface area contributed by atoms with Crippen LogP contribution in [0.15, 0.2) is 16.6 Å². The molecule has 1 heterocycles. The topological polar surface area (TPSA) is 51.2 Å². The van der Waals surface area contributed by atoms with Crippen LogP contribution >= 0.6 is 15.9 Å². The van der Waals surface area contributed by atoms with Gasteiger partial charge in [0.25, 0.3) is 0 Å². The highest BCUT2D eigenvalue weighted by Gasteiger charge is 2.26. The fourth-order valence-electron chi connectivity index (χ4n) is 2.70. The molecule has 1 aromatic carbocycles. The Hall–Kier alpha value is -1.47. The third-order valence-corrected chi connectivity index (χ3v) is 4.59. The molecule has 0 spiro atoms. The normalized spacial score (nSPS) is 15.8. The minimum absolute atomic E-state index is 0.241. The average molecular weight is 415 g/mol. The Kier molecular flexibility index (Phi) is 6.57. The highest BCUT2D eigenvalue weighted by Crippen LogP contribution is 2.33. The molecule has 0 radical (unpaired) electrons. The lowest BCUT2D eigenvalue weighted by Gasteiger charge is -2.35. The molecule has 0 N–H and O–H groups in total. The number of carbonyl (C=O) groups excluding carboxylic acids is 1. The Labute approximate surface area is 158 Å². The van der Waals surface area contributed by atoms with Gasteiger partial charge in [-0.05, 0) is 48.8 Å².